The van der Waals surface area contributed by atoms with E-state index in [1.807, 2.05) is 30.3 Å². The second-order valence-corrected chi connectivity index (χ2v) is 6.90. The number of carboxylic acid groups (broad SMARTS) is 1. The van der Waals surface area contributed by atoms with E-state index in [2.05, 4.69) is 5.10 Å². The van der Waals surface area contributed by atoms with Gasteiger partial charge in [-0.1, -0.05) is 31.0 Å². The lowest BCUT2D eigenvalue weighted by atomic mass is 9.84. The molecule has 2 heterocycles. The summed E-state index contributed by atoms with van der Waals surface area (Å²) in [7, 11) is 0. The highest BCUT2D eigenvalue weighted by atomic mass is 16.4. The van der Waals surface area contributed by atoms with Crippen LogP contribution in [0, 0.1) is 5.92 Å². The molecule has 25 heavy (non-hydrogen) atoms. The number of likely N-dealkylation sites (tertiary alicyclic amines) is 1. The van der Waals surface area contributed by atoms with Gasteiger partial charge in [0.05, 0.1) is 5.69 Å². The minimum Gasteiger partial charge on any atom is -0.480 e. The molecule has 2 fully saturated rings. The Morgan fingerprint density at radius 3 is 2.60 bits per heavy atom. The summed E-state index contributed by atoms with van der Waals surface area (Å²) in [5.41, 5.74) is 1.18. The molecule has 6 heteroatoms. The van der Waals surface area contributed by atoms with Gasteiger partial charge in [0, 0.05) is 12.2 Å². The summed E-state index contributed by atoms with van der Waals surface area (Å²) in [5, 5.41) is 14.0. The van der Waals surface area contributed by atoms with Crippen molar-refractivity contribution >= 4 is 11.9 Å². The van der Waals surface area contributed by atoms with Crippen molar-refractivity contribution in [3.8, 4) is 5.69 Å². The van der Waals surface area contributed by atoms with E-state index in [9.17, 15) is 14.7 Å². The quantitative estimate of drug-likeness (QED) is 0.933. The summed E-state index contributed by atoms with van der Waals surface area (Å²) in [6.07, 6.45) is 6.38. The number of amides is 1. The molecule has 3 unspecified atom stereocenters. The van der Waals surface area contributed by atoms with Gasteiger partial charge in [-0.2, -0.15) is 5.10 Å². The number of rotatable bonds is 3. The fraction of sp³-hybridized carbons (Fsp3) is 0.421. The van der Waals surface area contributed by atoms with Crippen molar-refractivity contribution in [3.63, 3.8) is 0 Å². The van der Waals surface area contributed by atoms with Crippen molar-refractivity contribution in [1.29, 1.82) is 0 Å². The SMILES string of the molecule is O=C(O)C1CC2CCCCC2N1C(=O)c1ccn(-c2ccccc2)n1. The Balaban J connectivity index is 1.63. The number of aliphatic carboxylic acids is 1. The van der Waals surface area contributed by atoms with Crippen LogP contribution in [0.4, 0.5) is 0 Å². The van der Waals surface area contributed by atoms with Gasteiger partial charge in [-0.15, -0.1) is 0 Å². The number of benzene rings is 1. The van der Waals surface area contributed by atoms with Gasteiger partial charge < -0.3 is 10.0 Å². The molecular formula is C19H21N3O3. The van der Waals surface area contributed by atoms with Crippen LogP contribution >= 0.6 is 0 Å². The zero-order valence-electron chi connectivity index (χ0n) is 13.9. The lowest BCUT2D eigenvalue weighted by Gasteiger charge is -2.32. The molecule has 1 aliphatic carbocycles. The molecular weight excluding hydrogens is 318 g/mol. The molecule has 2 aromatic rings. The van der Waals surface area contributed by atoms with Crippen molar-refractivity contribution in [2.75, 3.05) is 0 Å². The number of aromatic nitrogens is 2. The molecule has 1 aromatic heterocycles. The highest BCUT2D eigenvalue weighted by Crippen LogP contribution is 2.40. The van der Waals surface area contributed by atoms with Gasteiger partial charge in [-0.25, -0.2) is 9.48 Å². The summed E-state index contributed by atoms with van der Waals surface area (Å²) in [4.78, 5) is 26.3. The van der Waals surface area contributed by atoms with Crippen LogP contribution in [0.5, 0.6) is 0 Å². The third-order valence-corrected chi connectivity index (χ3v) is 5.44. The Morgan fingerprint density at radius 2 is 1.84 bits per heavy atom. The van der Waals surface area contributed by atoms with E-state index >= 15 is 0 Å². The monoisotopic (exact) mass is 339 g/mol. The second-order valence-electron chi connectivity index (χ2n) is 6.90. The van der Waals surface area contributed by atoms with Crippen molar-refractivity contribution in [1.82, 2.24) is 14.7 Å². The van der Waals surface area contributed by atoms with Gasteiger partial charge in [0.2, 0.25) is 0 Å². The predicted octanol–water partition coefficient (Wildman–Crippen LogP) is 2.73. The van der Waals surface area contributed by atoms with Crippen LogP contribution < -0.4 is 0 Å². The maximum absolute atomic E-state index is 13.0. The molecule has 6 nitrogen and oxygen atoms in total. The first-order valence-corrected chi connectivity index (χ1v) is 8.81. The maximum Gasteiger partial charge on any atom is 0.326 e. The maximum atomic E-state index is 13.0. The van der Waals surface area contributed by atoms with E-state index in [0.717, 1.165) is 31.4 Å². The zero-order valence-corrected chi connectivity index (χ0v) is 13.9. The van der Waals surface area contributed by atoms with E-state index < -0.39 is 12.0 Å². The molecule has 2 aliphatic rings. The number of nitrogens with zero attached hydrogens (tertiary/aromatic N) is 3. The lowest BCUT2D eigenvalue weighted by Crippen LogP contribution is -2.46. The average Bonchev–Trinajstić information content (AvgIpc) is 3.27. The van der Waals surface area contributed by atoms with Crippen LogP contribution in [-0.4, -0.2) is 43.7 Å². The van der Waals surface area contributed by atoms with Crippen molar-refractivity contribution in [2.24, 2.45) is 5.92 Å². The fourth-order valence-corrected chi connectivity index (χ4v) is 4.27. The number of carbonyl (C=O) groups excluding carboxylic acids is 1. The first-order chi connectivity index (χ1) is 12.1. The first kappa shape index (κ1) is 15.9. The molecule has 1 aliphatic heterocycles. The number of carboxylic acids is 1. The molecule has 1 aromatic carbocycles. The summed E-state index contributed by atoms with van der Waals surface area (Å²) >= 11 is 0. The number of carbonyl (C=O) groups is 2. The number of hydrogen-bond acceptors (Lipinski definition) is 3. The Hall–Kier alpha value is -2.63. The van der Waals surface area contributed by atoms with Gasteiger partial charge in [0.1, 0.15) is 6.04 Å². The van der Waals surface area contributed by atoms with Gasteiger partial charge in [-0.3, -0.25) is 4.79 Å². The summed E-state index contributed by atoms with van der Waals surface area (Å²) in [5.74, 6) is -0.878. The zero-order chi connectivity index (χ0) is 17.4. The standard InChI is InChI=1S/C19H21N3O3/c23-18(15-10-11-21(20-15)14-7-2-1-3-8-14)22-16-9-5-4-6-13(16)12-17(22)19(24)25/h1-3,7-8,10-11,13,16-17H,4-6,9,12H2,(H,24,25). The van der Waals surface area contributed by atoms with Crippen LogP contribution in [0.15, 0.2) is 42.6 Å². The van der Waals surface area contributed by atoms with Crippen molar-refractivity contribution in [2.45, 2.75) is 44.2 Å². The van der Waals surface area contributed by atoms with Crippen molar-refractivity contribution < 1.29 is 14.7 Å². The largest absolute Gasteiger partial charge is 0.480 e. The molecule has 4 rings (SSSR count). The summed E-state index contributed by atoms with van der Waals surface area (Å²) in [6, 6.07) is 10.5. The molecule has 1 saturated heterocycles. The highest BCUT2D eigenvalue weighted by Gasteiger charge is 2.48. The molecule has 1 amide bonds. The van der Waals surface area contributed by atoms with Crippen LogP contribution in [0.25, 0.3) is 5.69 Å². The fourth-order valence-electron chi connectivity index (χ4n) is 4.27. The number of hydrogen-bond donors (Lipinski definition) is 1. The van der Waals surface area contributed by atoms with E-state index in [4.69, 9.17) is 0 Å². The van der Waals surface area contributed by atoms with Gasteiger partial charge in [0.25, 0.3) is 5.91 Å². The Labute approximate surface area is 146 Å². The van der Waals surface area contributed by atoms with Crippen molar-refractivity contribution in [3.05, 3.63) is 48.3 Å². The minimum atomic E-state index is -0.912. The average molecular weight is 339 g/mol. The lowest BCUT2D eigenvalue weighted by molar-refractivity contribution is -0.141. The highest BCUT2D eigenvalue weighted by molar-refractivity contribution is 5.95. The smallest absolute Gasteiger partial charge is 0.326 e. The molecule has 3 atom stereocenters. The molecule has 1 saturated carbocycles. The van der Waals surface area contributed by atoms with Gasteiger partial charge in [0.15, 0.2) is 5.69 Å². The molecule has 0 spiro atoms. The second kappa shape index (κ2) is 6.35. The topological polar surface area (TPSA) is 75.4 Å². The molecule has 0 radical (unpaired) electrons. The Bertz CT molecular complexity index is 786. The molecule has 1 N–H and O–H groups in total. The summed E-state index contributed by atoms with van der Waals surface area (Å²) in [6.45, 7) is 0. The Morgan fingerprint density at radius 1 is 1.08 bits per heavy atom. The first-order valence-electron chi connectivity index (χ1n) is 8.81. The van der Waals surface area contributed by atoms with Crippen LogP contribution in [0.1, 0.15) is 42.6 Å². The predicted molar refractivity (Wildman–Crippen MR) is 91.5 cm³/mol. The number of para-hydroxylation sites is 1. The Kier molecular flexibility index (Phi) is 4.03. The van der Waals surface area contributed by atoms with Gasteiger partial charge in [-0.05, 0) is 43.4 Å². The van der Waals surface area contributed by atoms with E-state index in [-0.39, 0.29) is 11.9 Å². The van der Waals surface area contributed by atoms with Crippen LogP contribution in [0.3, 0.4) is 0 Å². The third kappa shape index (κ3) is 2.81. The van der Waals surface area contributed by atoms with Crippen LogP contribution in [0.2, 0.25) is 0 Å². The normalized spacial score (nSPS) is 25.6. The van der Waals surface area contributed by atoms with E-state index in [1.165, 1.54) is 0 Å². The van der Waals surface area contributed by atoms with E-state index in [0.29, 0.717) is 18.0 Å². The minimum absolute atomic E-state index is 0.0317. The number of fused-ring (bicyclic) bond motifs is 1. The third-order valence-electron chi connectivity index (χ3n) is 5.44. The van der Waals surface area contributed by atoms with E-state index in [1.54, 1.807) is 21.8 Å². The summed E-state index contributed by atoms with van der Waals surface area (Å²) < 4.78 is 1.65. The molecule has 130 valence electrons. The van der Waals surface area contributed by atoms with Gasteiger partial charge >= 0.3 is 5.97 Å². The van der Waals surface area contributed by atoms with Crippen LogP contribution in [-0.2, 0) is 4.79 Å². The molecule has 0 bridgehead atoms.